The molecule has 4 rings (SSSR count). The highest BCUT2D eigenvalue weighted by molar-refractivity contribution is 5.43. The fourth-order valence-corrected chi connectivity index (χ4v) is 4.21. The lowest BCUT2D eigenvalue weighted by atomic mass is 9.87. The number of nitrogens with one attached hydrogen (secondary N) is 1. The highest BCUT2D eigenvalue weighted by Gasteiger charge is 2.19. The van der Waals surface area contributed by atoms with E-state index in [9.17, 15) is 0 Å². The molecule has 0 amide bonds. The van der Waals surface area contributed by atoms with Gasteiger partial charge in [-0.15, -0.1) is 0 Å². The van der Waals surface area contributed by atoms with Gasteiger partial charge in [0, 0.05) is 18.8 Å². The summed E-state index contributed by atoms with van der Waals surface area (Å²) in [5, 5.41) is 3.78. The zero-order valence-corrected chi connectivity index (χ0v) is 16.7. The standard InChI is InChI=1S/C25H28N2O/c1-18-14-20(15-19(2)25(18)28-17-22-10-5-6-13-26-22)16-27-24-12-7-9-21-8-3-4-11-23(21)24/h3-6,8,10-11,13-15,24,27H,7,9,12,16-17H2,1-2H3. The molecule has 3 heteroatoms. The normalized spacial score (nSPS) is 15.9. The first-order valence-electron chi connectivity index (χ1n) is 10.1. The van der Waals surface area contributed by atoms with Crippen molar-refractivity contribution in [2.24, 2.45) is 0 Å². The van der Waals surface area contributed by atoms with Gasteiger partial charge in [-0.2, -0.15) is 0 Å². The molecule has 2 aromatic carbocycles. The van der Waals surface area contributed by atoms with Crippen LogP contribution in [0.3, 0.4) is 0 Å². The zero-order chi connectivity index (χ0) is 19.3. The average Bonchev–Trinajstić information content (AvgIpc) is 2.72. The van der Waals surface area contributed by atoms with Crippen LogP contribution in [-0.4, -0.2) is 4.98 Å². The second kappa shape index (κ2) is 8.57. The summed E-state index contributed by atoms with van der Waals surface area (Å²) in [4.78, 5) is 4.34. The summed E-state index contributed by atoms with van der Waals surface area (Å²) in [5.74, 6) is 0.970. The topological polar surface area (TPSA) is 34.1 Å². The van der Waals surface area contributed by atoms with E-state index in [0.717, 1.165) is 18.0 Å². The van der Waals surface area contributed by atoms with Crippen molar-refractivity contribution in [2.75, 3.05) is 0 Å². The third kappa shape index (κ3) is 4.26. The molecule has 0 spiro atoms. The van der Waals surface area contributed by atoms with Crippen LogP contribution in [0.15, 0.2) is 60.8 Å². The minimum atomic E-state index is 0.450. The van der Waals surface area contributed by atoms with E-state index in [-0.39, 0.29) is 0 Å². The molecule has 0 radical (unpaired) electrons. The van der Waals surface area contributed by atoms with E-state index in [1.807, 2.05) is 18.2 Å². The van der Waals surface area contributed by atoms with E-state index >= 15 is 0 Å². The Labute approximate surface area is 167 Å². The molecular formula is C25H28N2O. The molecule has 3 nitrogen and oxygen atoms in total. The van der Waals surface area contributed by atoms with Crippen molar-refractivity contribution < 1.29 is 4.74 Å². The molecule has 144 valence electrons. The number of benzene rings is 2. The minimum Gasteiger partial charge on any atom is -0.487 e. The molecule has 0 saturated carbocycles. The Morgan fingerprint density at radius 1 is 1.04 bits per heavy atom. The maximum absolute atomic E-state index is 6.07. The summed E-state index contributed by atoms with van der Waals surface area (Å²) < 4.78 is 6.07. The molecule has 1 unspecified atom stereocenters. The van der Waals surface area contributed by atoms with Crippen LogP contribution in [0.25, 0.3) is 0 Å². The van der Waals surface area contributed by atoms with Gasteiger partial charge in [-0.25, -0.2) is 0 Å². The lowest BCUT2D eigenvalue weighted by Gasteiger charge is -2.26. The van der Waals surface area contributed by atoms with Gasteiger partial charge in [-0.3, -0.25) is 4.98 Å². The Hall–Kier alpha value is -2.65. The number of aryl methyl sites for hydroxylation is 3. The number of rotatable bonds is 6. The molecular weight excluding hydrogens is 344 g/mol. The van der Waals surface area contributed by atoms with Gasteiger partial charge >= 0.3 is 0 Å². The average molecular weight is 373 g/mol. The molecule has 28 heavy (non-hydrogen) atoms. The maximum atomic E-state index is 6.07. The zero-order valence-electron chi connectivity index (χ0n) is 16.7. The van der Waals surface area contributed by atoms with E-state index in [0.29, 0.717) is 12.6 Å². The van der Waals surface area contributed by atoms with Gasteiger partial charge in [-0.1, -0.05) is 42.5 Å². The number of hydrogen-bond acceptors (Lipinski definition) is 3. The Morgan fingerprint density at radius 2 is 1.82 bits per heavy atom. The summed E-state index contributed by atoms with van der Waals surface area (Å²) in [6.07, 6.45) is 5.47. The highest BCUT2D eigenvalue weighted by Crippen LogP contribution is 2.30. The predicted molar refractivity (Wildman–Crippen MR) is 113 cm³/mol. The number of fused-ring (bicyclic) bond motifs is 1. The van der Waals surface area contributed by atoms with Crippen molar-refractivity contribution in [2.45, 2.75) is 52.3 Å². The van der Waals surface area contributed by atoms with E-state index in [1.54, 1.807) is 6.20 Å². The van der Waals surface area contributed by atoms with Gasteiger partial charge in [0.2, 0.25) is 0 Å². The molecule has 3 aromatic rings. The van der Waals surface area contributed by atoms with Gasteiger partial charge in [0.15, 0.2) is 0 Å². The van der Waals surface area contributed by atoms with E-state index in [2.05, 4.69) is 60.5 Å². The van der Waals surface area contributed by atoms with Crippen LogP contribution >= 0.6 is 0 Å². The molecule has 0 saturated heterocycles. The van der Waals surface area contributed by atoms with E-state index in [1.165, 1.54) is 47.1 Å². The van der Waals surface area contributed by atoms with Crippen LogP contribution in [0.2, 0.25) is 0 Å². The first-order valence-corrected chi connectivity index (χ1v) is 10.1. The Balaban J connectivity index is 1.42. The van der Waals surface area contributed by atoms with Gasteiger partial charge in [0.05, 0.1) is 5.69 Å². The molecule has 1 heterocycles. The van der Waals surface area contributed by atoms with Crippen LogP contribution in [0.4, 0.5) is 0 Å². The minimum absolute atomic E-state index is 0.450. The SMILES string of the molecule is Cc1cc(CNC2CCCc3ccccc32)cc(C)c1OCc1ccccn1. The highest BCUT2D eigenvalue weighted by atomic mass is 16.5. The molecule has 1 aromatic heterocycles. The van der Waals surface area contributed by atoms with E-state index < -0.39 is 0 Å². The molecule has 1 aliphatic rings. The maximum Gasteiger partial charge on any atom is 0.130 e. The van der Waals surface area contributed by atoms with E-state index in [4.69, 9.17) is 4.74 Å². The van der Waals surface area contributed by atoms with Crippen molar-refractivity contribution in [3.63, 3.8) is 0 Å². The van der Waals surface area contributed by atoms with Crippen LogP contribution < -0.4 is 10.1 Å². The summed E-state index contributed by atoms with van der Waals surface area (Å²) in [6, 6.07) is 19.7. The Morgan fingerprint density at radius 3 is 2.61 bits per heavy atom. The number of pyridine rings is 1. The molecule has 0 aliphatic heterocycles. The predicted octanol–water partition coefficient (Wildman–Crippen LogP) is 5.44. The van der Waals surface area contributed by atoms with Crippen molar-refractivity contribution >= 4 is 0 Å². The van der Waals surface area contributed by atoms with Crippen LogP contribution in [0, 0.1) is 13.8 Å². The third-order valence-electron chi connectivity index (χ3n) is 5.53. The summed E-state index contributed by atoms with van der Waals surface area (Å²) in [6.45, 7) is 5.63. The quantitative estimate of drug-likeness (QED) is 0.625. The van der Waals surface area contributed by atoms with Crippen molar-refractivity contribution in [1.29, 1.82) is 0 Å². The second-order valence-corrected chi connectivity index (χ2v) is 7.69. The Bertz CT molecular complexity index is 913. The second-order valence-electron chi connectivity index (χ2n) is 7.69. The molecule has 1 atom stereocenters. The molecule has 0 bridgehead atoms. The first-order chi connectivity index (χ1) is 13.7. The number of ether oxygens (including phenoxy) is 1. The summed E-state index contributed by atoms with van der Waals surface area (Å²) in [7, 11) is 0. The molecule has 1 aliphatic carbocycles. The van der Waals surface area contributed by atoms with Crippen LogP contribution in [-0.2, 0) is 19.6 Å². The number of hydrogen-bond donors (Lipinski definition) is 1. The molecule has 1 N–H and O–H groups in total. The number of nitrogens with zero attached hydrogens (tertiary/aromatic N) is 1. The van der Waals surface area contributed by atoms with Crippen LogP contribution in [0.5, 0.6) is 5.75 Å². The van der Waals surface area contributed by atoms with Crippen molar-refractivity contribution in [1.82, 2.24) is 10.3 Å². The monoisotopic (exact) mass is 372 g/mol. The smallest absolute Gasteiger partial charge is 0.130 e. The van der Waals surface area contributed by atoms with Crippen molar-refractivity contribution in [3.05, 3.63) is 94.3 Å². The van der Waals surface area contributed by atoms with Crippen molar-refractivity contribution in [3.8, 4) is 5.75 Å². The third-order valence-corrected chi connectivity index (χ3v) is 5.53. The largest absolute Gasteiger partial charge is 0.487 e. The number of aromatic nitrogens is 1. The lowest BCUT2D eigenvalue weighted by Crippen LogP contribution is -2.24. The fraction of sp³-hybridized carbons (Fsp3) is 0.320. The van der Waals surface area contributed by atoms with Gasteiger partial charge in [0.25, 0.3) is 0 Å². The van der Waals surface area contributed by atoms with Gasteiger partial charge < -0.3 is 10.1 Å². The van der Waals surface area contributed by atoms with Crippen LogP contribution in [0.1, 0.15) is 52.4 Å². The van der Waals surface area contributed by atoms with Gasteiger partial charge in [-0.05, 0) is 73.1 Å². The summed E-state index contributed by atoms with van der Waals surface area (Å²) >= 11 is 0. The first kappa shape index (κ1) is 18.7. The molecule has 0 fully saturated rings. The van der Waals surface area contributed by atoms with Gasteiger partial charge in [0.1, 0.15) is 12.4 Å². The Kier molecular flexibility index (Phi) is 5.73. The fourth-order valence-electron chi connectivity index (χ4n) is 4.21. The summed E-state index contributed by atoms with van der Waals surface area (Å²) in [5.41, 5.74) is 7.58. The lowest BCUT2D eigenvalue weighted by molar-refractivity contribution is 0.297.